The van der Waals surface area contributed by atoms with Crippen molar-refractivity contribution < 1.29 is 57.9 Å². The van der Waals surface area contributed by atoms with Crippen LogP contribution in [0.3, 0.4) is 0 Å². The fourth-order valence-corrected chi connectivity index (χ4v) is 4.59. The Hall–Kier alpha value is -1.07. The van der Waals surface area contributed by atoms with Crippen LogP contribution in [0.2, 0.25) is 0 Å². The Balaban J connectivity index is -0.0000000956. The average Bonchev–Trinajstić information content (AvgIpc) is 2.76. The van der Waals surface area contributed by atoms with E-state index in [1.54, 1.807) is 0 Å². The van der Waals surface area contributed by atoms with E-state index in [4.69, 9.17) is 32.3 Å². The monoisotopic (exact) mass is 596 g/mol. The van der Waals surface area contributed by atoms with Gasteiger partial charge in [0.05, 0.1) is 13.2 Å². The predicted octanol–water partition coefficient (Wildman–Crippen LogP) is 4.33. The van der Waals surface area contributed by atoms with Gasteiger partial charge in [0.15, 0.2) is 0 Å². The van der Waals surface area contributed by atoms with Gasteiger partial charge in [-0.1, -0.05) is 42.2 Å². The third kappa shape index (κ3) is 29.7. The van der Waals surface area contributed by atoms with Gasteiger partial charge < -0.3 is 9.05 Å². The molecule has 0 radical (unpaired) electrons. The van der Waals surface area contributed by atoms with Crippen LogP contribution < -0.4 is 0 Å². The molecule has 0 spiro atoms. The molecule has 1 rings (SSSR count). The molecule has 1 aromatic carbocycles. The van der Waals surface area contributed by atoms with Crippen molar-refractivity contribution in [1.29, 1.82) is 0 Å². The van der Waals surface area contributed by atoms with E-state index >= 15 is 0 Å². The molecule has 1 unspecified atom stereocenters. The number of benzene rings is 1. The van der Waals surface area contributed by atoms with Crippen LogP contribution in [0.5, 0.6) is 0 Å². The molecule has 0 fully saturated rings. The SMILES string of the molecule is CCOP(=O)(OCC)P/C=C/c1ccccc1.[C-]#[O+].[C-]#[O+].[C-]#[O+].[C-]#[O+].[C-]#[O+].[W]. The van der Waals surface area contributed by atoms with Crippen LogP contribution in [-0.2, 0) is 57.9 Å². The maximum Gasteiger partial charge on any atom is 0 e. The molecule has 1 atom stereocenters. The molecular formula is C17H18O8P2W. The van der Waals surface area contributed by atoms with Gasteiger partial charge in [0.1, 0.15) is 0 Å². The first-order valence-electron chi connectivity index (χ1n) is 6.60. The van der Waals surface area contributed by atoms with Crippen molar-refractivity contribution in [3.05, 3.63) is 75.0 Å². The molecule has 0 amide bonds. The molecular weight excluding hydrogens is 578 g/mol. The molecule has 0 bridgehead atoms. The minimum Gasteiger partial charge on any atom is 0 e. The third-order valence-electron chi connectivity index (χ3n) is 1.91. The number of rotatable bonds is 7. The van der Waals surface area contributed by atoms with Gasteiger partial charge >= 0.3 is 63.8 Å². The molecule has 0 saturated carbocycles. The Morgan fingerprint density at radius 1 is 0.857 bits per heavy atom. The summed E-state index contributed by atoms with van der Waals surface area (Å²) < 4.78 is 60.0. The normalized spacial score (nSPS) is 8.14. The van der Waals surface area contributed by atoms with E-state index in [9.17, 15) is 4.57 Å². The molecule has 150 valence electrons. The van der Waals surface area contributed by atoms with Crippen LogP contribution in [0.1, 0.15) is 19.4 Å². The van der Waals surface area contributed by atoms with Gasteiger partial charge in [-0.05, 0) is 19.4 Å². The predicted molar refractivity (Wildman–Crippen MR) is 94.3 cm³/mol. The molecule has 28 heavy (non-hydrogen) atoms. The standard InChI is InChI=1S/C12H18O3P2.5CO.W/c1-3-14-17(13,15-4-2)16-11-10-12-8-6-5-7-9-12;5*1-2;/h5-11,16H,3-4H2,1-2H3;;;;;;/b11-10+;;;;;;. The largest absolute Gasteiger partial charge is 0 e. The maximum atomic E-state index is 12.1. The summed E-state index contributed by atoms with van der Waals surface area (Å²) in [6.07, 6.45) is 1.93. The zero-order valence-corrected chi connectivity index (χ0v) is 19.9. The second-order valence-electron chi connectivity index (χ2n) is 3.21. The Kier molecular flexibility index (Phi) is 59.9. The average molecular weight is 596 g/mol. The Bertz CT molecular complexity index is 550. The topological polar surface area (TPSA) is 135 Å². The van der Waals surface area contributed by atoms with Gasteiger partial charge in [-0.2, -0.15) is 0 Å². The van der Waals surface area contributed by atoms with Crippen molar-refractivity contribution in [2.45, 2.75) is 13.8 Å². The van der Waals surface area contributed by atoms with Crippen molar-refractivity contribution in [3.63, 3.8) is 0 Å². The van der Waals surface area contributed by atoms with Crippen molar-refractivity contribution in [2.24, 2.45) is 0 Å². The summed E-state index contributed by atoms with van der Waals surface area (Å²) in [7, 11) is -2.87. The van der Waals surface area contributed by atoms with E-state index in [-0.39, 0.29) is 29.3 Å². The van der Waals surface area contributed by atoms with Gasteiger partial charge in [-0.15, -0.1) is 0 Å². The van der Waals surface area contributed by atoms with Crippen molar-refractivity contribution in [3.8, 4) is 0 Å². The summed E-state index contributed by atoms with van der Waals surface area (Å²) in [4.78, 5) is 0. The Morgan fingerprint density at radius 2 is 1.21 bits per heavy atom. The van der Waals surface area contributed by atoms with E-state index in [0.717, 1.165) is 5.56 Å². The van der Waals surface area contributed by atoms with Gasteiger partial charge in [0, 0.05) is 29.3 Å². The summed E-state index contributed by atoms with van der Waals surface area (Å²) in [5, 5.41) is 0. The van der Waals surface area contributed by atoms with Crippen LogP contribution >= 0.6 is 15.6 Å². The van der Waals surface area contributed by atoms with Gasteiger partial charge in [0.2, 0.25) is 0 Å². The third-order valence-corrected chi connectivity index (χ3v) is 5.90. The number of hydrogen-bond donors (Lipinski definition) is 0. The summed E-state index contributed by atoms with van der Waals surface area (Å²) in [6.45, 7) is 26.9. The second-order valence-corrected chi connectivity index (χ2v) is 7.73. The van der Waals surface area contributed by atoms with E-state index in [0.29, 0.717) is 13.2 Å². The molecule has 1 aromatic rings. The van der Waals surface area contributed by atoms with E-state index < -0.39 is 7.28 Å². The van der Waals surface area contributed by atoms with Crippen LogP contribution in [0, 0.1) is 33.3 Å². The van der Waals surface area contributed by atoms with Gasteiger partial charge in [-0.3, -0.25) is 4.57 Å². The minimum absolute atomic E-state index is 0. The minimum atomic E-state index is -2.92. The van der Waals surface area contributed by atoms with E-state index in [1.165, 1.54) is 0 Å². The number of hydrogen-bond acceptors (Lipinski definition) is 3. The first kappa shape index (κ1) is 41.3. The van der Waals surface area contributed by atoms with Crippen LogP contribution in [-0.4, -0.2) is 13.2 Å². The fourth-order valence-electron chi connectivity index (χ4n) is 1.24. The van der Waals surface area contributed by atoms with Crippen LogP contribution in [0.4, 0.5) is 0 Å². The van der Waals surface area contributed by atoms with Gasteiger partial charge in [0.25, 0.3) is 0 Å². The Morgan fingerprint density at radius 3 is 1.54 bits per heavy atom. The zero-order chi connectivity index (χ0) is 22.6. The fraction of sp³-hybridized carbons (Fsp3) is 0.235. The maximum absolute atomic E-state index is 12.1. The van der Waals surface area contributed by atoms with Crippen LogP contribution in [0.25, 0.3) is 6.08 Å². The second kappa shape index (κ2) is 40.6. The van der Waals surface area contributed by atoms with Crippen LogP contribution in [0.15, 0.2) is 36.1 Å². The molecule has 0 aliphatic carbocycles. The first-order valence-corrected chi connectivity index (χ1v) is 10.1. The van der Waals surface area contributed by atoms with Crippen molar-refractivity contribution in [2.75, 3.05) is 13.2 Å². The summed E-state index contributed by atoms with van der Waals surface area (Å²) in [6, 6.07) is 9.88. The van der Waals surface area contributed by atoms with E-state index in [1.807, 2.05) is 56.1 Å². The molecule has 11 heteroatoms. The molecule has 0 aromatic heterocycles. The summed E-state index contributed by atoms with van der Waals surface area (Å²) in [5.41, 5.74) is 1.08. The molecule has 0 aliphatic rings. The quantitative estimate of drug-likeness (QED) is 0.264. The van der Waals surface area contributed by atoms with E-state index in [2.05, 4.69) is 33.3 Å². The van der Waals surface area contributed by atoms with Crippen molar-refractivity contribution in [1.82, 2.24) is 0 Å². The molecule has 0 aliphatic heterocycles. The Labute approximate surface area is 181 Å². The van der Waals surface area contributed by atoms with Gasteiger partial charge in [-0.25, -0.2) is 0 Å². The van der Waals surface area contributed by atoms with Crippen molar-refractivity contribution >= 4 is 21.6 Å². The molecule has 8 nitrogen and oxygen atoms in total. The summed E-state index contributed by atoms with van der Waals surface area (Å²) >= 11 is 0. The molecule has 0 N–H and O–H groups in total. The smallest absolute Gasteiger partial charge is 0 e. The first-order chi connectivity index (χ1) is 13.2. The summed E-state index contributed by atoms with van der Waals surface area (Å²) in [5.74, 6) is 1.86. The molecule has 0 saturated heterocycles. The zero-order valence-electron chi connectivity index (χ0n) is 15.1. The molecule has 0 heterocycles.